The van der Waals surface area contributed by atoms with Crippen molar-refractivity contribution in [1.82, 2.24) is 14.8 Å². The average molecular weight is 510 g/mol. The molecule has 1 aliphatic rings. The summed E-state index contributed by atoms with van der Waals surface area (Å²) < 4.78 is 82.3. The summed E-state index contributed by atoms with van der Waals surface area (Å²) in [6.07, 6.45) is -3.48. The number of hydrogen-bond acceptors (Lipinski definition) is 5. The van der Waals surface area contributed by atoms with E-state index in [2.05, 4.69) is 15.4 Å². The number of nitrogens with one attached hydrogen (secondary N) is 1. The summed E-state index contributed by atoms with van der Waals surface area (Å²) in [6, 6.07) is 6.73. The molecule has 1 amide bonds. The van der Waals surface area contributed by atoms with Crippen LogP contribution in [0.1, 0.15) is 25.3 Å². The van der Waals surface area contributed by atoms with Gasteiger partial charge in [0.2, 0.25) is 5.82 Å². The number of carbonyl (C=O) groups excluding carboxylic acids is 1. The number of pyridine rings is 1. The molecule has 0 bridgehead atoms. The van der Waals surface area contributed by atoms with Crippen molar-refractivity contribution >= 4 is 11.6 Å². The second-order valence-electron chi connectivity index (χ2n) is 8.74. The Balaban J connectivity index is 1.68. The number of alkyl halides is 3. The highest BCUT2D eigenvalue weighted by atomic mass is 19.4. The Kier molecular flexibility index (Phi) is 6.50. The molecule has 36 heavy (non-hydrogen) atoms. The Morgan fingerprint density at radius 1 is 1.17 bits per heavy atom. The lowest BCUT2D eigenvalue weighted by atomic mass is 9.77. The number of nitrogens with zero attached hydrogens (tertiary/aromatic N) is 3. The molecule has 0 spiro atoms. The smallest absolute Gasteiger partial charge is 0.417 e. The highest BCUT2D eigenvalue weighted by Crippen LogP contribution is 2.55. The van der Waals surface area contributed by atoms with Gasteiger partial charge in [0, 0.05) is 30.6 Å². The molecule has 2 aromatic heterocycles. The van der Waals surface area contributed by atoms with Crippen LogP contribution in [0, 0.1) is 17.6 Å². The highest BCUT2D eigenvalue weighted by Gasteiger charge is 2.65. The summed E-state index contributed by atoms with van der Waals surface area (Å²) >= 11 is 0. The van der Waals surface area contributed by atoms with E-state index in [1.54, 1.807) is 30.1 Å². The Morgan fingerprint density at radius 2 is 1.89 bits per heavy atom. The number of rotatable bonds is 5. The summed E-state index contributed by atoms with van der Waals surface area (Å²) in [5.74, 6) is -6.74. The zero-order chi connectivity index (χ0) is 26.4. The Bertz CT molecular complexity index is 1280. The van der Waals surface area contributed by atoms with Crippen LogP contribution in [0.25, 0.3) is 11.4 Å². The Morgan fingerprint density at radius 3 is 2.44 bits per heavy atom. The van der Waals surface area contributed by atoms with Crippen molar-refractivity contribution in [2.24, 2.45) is 13.0 Å². The summed E-state index contributed by atoms with van der Waals surface area (Å²) in [5.41, 5.74) is -1.53. The Labute approximate surface area is 203 Å². The number of amides is 1. The van der Waals surface area contributed by atoms with Crippen molar-refractivity contribution in [2.45, 2.75) is 37.6 Å². The van der Waals surface area contributed by atoms with Gasteiger partial charge in [-0.2, -0.15) is 22.7 Å². The third kappa shape index (κ3) is 4.29. The van der Waals surface area contributed by atoms with E-state index in [0.717, 1.165) is 26.2 Å². The van der Waals surface area contributed by atoms with Gasteiger partial charge in [-0.3, -0.25) is 14.5 Å². The van der Waals surface area contributed by atoms with Gasteiger partial charge in [-0.1, -0.05) is 13.0 Å². The van der Waals surface area contributed by atoms with Gasteiger partial charge >= 0.3 is 6.18 Å². The monoisotopic (exact) mass is 510 g/mol. The minimum atomic E-state index is -4.85. The first-order chi connectivity index (χ1) is 16.9. The van der Waals surface area contributed by atoms with Crippen molar-refractivity contribution in [3.8, 4) is 17.1 Å². The van der Waals surface area contributed by atoms with Gasteiger partial charge in [0.05, 0.1) is 24.7 Å². The molecule has 0 aliphatic carbocycles. The minimum Gasteiger partial charge on any atom is -0.493 e. The molecular weight excluding hydrogens is 487 g/mol. The molecule has 7 nitrogen and oxygen atoms in total. The third-order valence-electron chi connectivity index (χ3n) is 6.58. The lowest BCUT2D eigenvalue weighted by Gasteiger charge is -2.32. The molecule has 3 heterocycles. The zero-order valence-corrected chi connectivity index (χ0v) is 19.7. The maximum absolute atomic E-state index is 14.4. The zero-order valence-electron chi connectivity index (χ0n) is 19.7. The van der Waals surface area contributed by atoms with Crippen molar-refractivity contribution in [3.63, 3.8) is 0 Å². The molecular formula is C24H23F5N4O3. The fourth-order valence-electron chi connectivity index (χ4n) is 4.42. The van der Waals surface area contributed by atoms with E-state index in [-0.39, 0.29) is 11.3 Å². The van der Waals surface area contributed by atoms with E-state index in [0.29, 0.717) is 11.4 Å². The maximum Gasteiger partial charge on any atom is 0.417 e. The van der Waals surface area contributed by atoms with Crippen LogP contribution in [0.15, 0.2) is 42.7 Å². The second-order valence-corrected chi connectivity index (χ2v) is 8.74. The van der Waals surface area contributed by atoms with E-state index in [1.807, 2.05) is 0 Å². The summed E-state index contributed by atoms with van der Waals surface area (Å²) in [6.45, 7) is 2.07. The standard InChI is InChI=1S/C24H23F5N4O3/c1-12-18(14-6-7-15(25)19(26)20(14)35-4)21(36-23(12,2)24(27,28)29)22(34)31-13-5-8-16(30-11-13)17-9-10-33(3)32-17/h5-12,18,21H,1-4H3,(H,31,34)/t12-,18-,21+,23+/m0/s1. The normalized spacial score (nSPS) is 24.1. The molecule has 0 saturated carbocycles. The number of aromatic nitrogens is 3. The van der Waals surface area contributed by atoms with Crippen LogP contribution < -0.4 is 10.1 Å². The summed E-state index contributed by atoms with van der Waals surface area (Å²) in [7, 11) is 2.81. The molecule has 3 aromatic rings. The molecule has 4 rings (SSSR count). The first kappa shape index (κ1) is 25.5. The van der Waals surface area contributed by atoms with Crippen molar-refractivity contribution in [3.05, 3.63) is 59.9 Å². The molecule has 4 atom stereocenters. The van der Waals surface area contributed by atoms with Crippen molar-refractivity contribution in [2.75, 3.05) is 12.4 Å². The van der Waals surface area contributed by atoms with E-state index in [4.69, 9.17) is 9.47 Å². The average Bonchev–Trinajstić information content (AvgIpc) is 3.37. The maximum atomic E-state index is 14.4. The number of carbonyl (C=O) groups is 1. The van der Waals surface area contributed by atoms with Gasteiger partial charge in [0.25, 0.3) is 5.91 Å². The minimum absolute atomic E-state index is 0.111. The number of ether oxygens (including phenoxy) is 2. The van der Waals surface area contributed by atoms with Crippen LogP contribution in [0.4, 0.5) is 27.6 Å². The van der Waals surface area contributed by atoms with Crippen LogP contribution in [0.3, 0.4) is 0 Å². The third-order valence-corrected chi connectivity index (χ3v) is 6.58. The summed E-state index contributed by atoms with van der Waals surface area (Å²) in [5, 5.41) is 6.74. The molecule has 0 radical (unpaired) electrons. The van der Waals surface area contributed by atoms with Crippen molar-refractivity contribution < 1.29 is 36.2 Å². The van der Waals surface area contributed by atoms with Crippen LogP contribution in [0.2, 0.25) is 0 Å². The van der Waals surface area contributed by atoms with E-state index < -0.39 is 53.0 Å². The fraction of sp³-hybridized carbons (Fsp3) is 0.375. The topological polar surface area (TPSA) is 78.3 Å². The van der Waals surface area contributed by atoms with Crippen molar-refractivity contribution in [1.29, 1.82) is 0 Å². The number of aryl methyl sites for hydroxylation is 1. The predicted molar refractivity (Wildman–Crippen MR) is 119 cm³/mol. The van der Waals surface area contributed by atoms with E-state index >= 15 is 0 Å². The van der Waals surface area contributed by atoms with Gasteiger partial charge in [-0.05, 0) is 31.2 Å². The van der Waals surface area contributed by atoms with Crippen LogP contribution in [-0.2, 0) is 16.6 Å². The fourth-order valence-corrected chi connectivity index (χ4v) is 4.42. The summed E-state index contributed by atoms with van der Waals surface area (Å²) in [4.78, 5) is 17.4. The molecule has 1 N–H and O–H groups in total. The first-order valence-corrected chi connectivity index (χ1v) is 10.9. The quantitative estimate of drug-likeness (QED) is 0.497. The number of methoxy groups -OCH3 is 1. The predicted octanol–water partition coefficient (Wildman–Crippen LogP) is 4.85. The van der Waals surface area contributed by atoms with Gasteiger partial charge in [-0.25, -0.2) is 4.39 Å². The lowest BCUT2D eigenvalue weighted by molar-refractivity contribution is -0.272. The first-order valence-electron chi connectivity index (χ1n) is 10.9. The lowest BCUT2D eigenvalue weighted by Crippen LogP contribution is -2.47. The van der Waals surface area contributed by atoms with Crippen LogP contribution in [-0.4, -0.2) is 45.7 Å². The molecule has 1 fully saturated rings. The second kappa shape index (κ2) is 9.16. The molecule has 1 saturated heterocycles. The molecule has 1 aromatic carbocycles. The van der Waals surface area contributed by atoms with Gasteiger partial charge in [0.15, 0.2) is 17.2 Å². The number of benzene rings is 1. The Hall–Kier alpha value is -3.54. The number of anilines is 1. The van der Waals surface area contributed by atoms with Gasteiger partial charge in [-0.15, -0.1) is 0 Å². The number of halogens is 5. The molecule has 0 unspecified atom stereocenters. The largest absolute Gasteiger partial charge is 0.493 e. The molecule has 12 heteroatoms. The highest BCUT2D eigenvalue weighted by molar-refractivity contribution is 5.95. The van der Waals surface area contributed by atoms with Gasteiger partial charge in [0.1, 0.15) is 11.8 Å². The van der Waals surface area contributed by atoms with E-state index in [1.165, 1.54) is 19.2 Å². The number of hydrogen-bond donors (Lipinski definition) is 1. The van der Waals surface area contributed by atoms with Crippen LogP contribution >= 0.6 is 0 Å². The van der Waals surface area contributed by atoms with Gasteiger partial charge < -0.3 is 14.8 Å². The SMILES string of the molecule is COc1c([C@H]2[C@H](C(=O)Nc3ccc(-c4ccn(C)n4)nc3)O[C@@](C)(C(F)(F)F)[C@H]2C)ccc(F)c1F. The van der Waals surface area contributed by atoms with E-state index in [9.17, 15) is 26.7 Å². The molecule has 1 aliphatic heterocycles. The van der Waals surface area contributed by atoms with Crippen LogP contribution in [0.5, 0.6) is 5.75 Å². The molecule has 192 valence electrons.